The Balaban J connectivity index is 1.69. The van der Waals surface area contributed by atoms with Gasteiger partial charge < -0.3 is 5.32 Å². The highest BCUT2D eigenvalue weighted by atomic mass is 35.5. The molecule has 0 aliphatic rings. The van der Waals surface area contributed by atoms with E-state index in [9.17, 15) is 4.79 Å². The Morgan fingerprint density at radius 2 is 1.62 bits per heavy atom. The van der Waals surface area contributed by atoms with Crippen LogP contribution in [0.2, 0.25) is 5.02 Å². The molecule has 1 heterocycles. The zero-order valence-corrected chi connectivity index (χ0v) is 17.1. The van der Waals surface area contributed by atoms with Gasteiger partial charge in [0.05, 0.1) is 11.6 Å². The van der Waals surface area contributed by atoms with Crippen molar-refractivity contribution in [2.75, 3.05) is 0 Å². The third-order valence-electron chi connectivity index (χ3n) is 5.12. The fraction of sp³-hybridized carbons (Fsp3) is 0.167. The average molecular weight is 404 g/mol. The first-order valence-corrected chi connectivity index (χ1v) is 10.0. The van der Waals surface area contributed by atoms with E-state index >= 15 is 0 Å². The Kier molecular flexibility index (Phi) is 5.36. The van der Waals surface area contributed by atoms with Crippen LogP contribution in [0.1, 0.15) is 31.5 Å². The van der Waals surface area contributed by atoms with E-state index < -0.39 is 6.04 Å². The molecule has 0 fully saturated rings. The summed E-state index contributed by atoms with van der Waals surface area (Å²) in [6.07, 6.45) is 0. The molecule has 29 heavy (non-hydrogen) atoms. The Labute approximate surface area is 175 Å². The Bertz CT molecular complexity index is 1140. The van der Waals surface area contributed by atoms with Gasteiger partial charge in [0.2, 0.25) is 5.91 Å². The molecule has 146 valence electrons. The second-order valence-electron chi connectivity index (χ2n) is 7.14. The number of halogens is 1. The van der Waals surface area contributed by atoms with Crippen molar-refractivity contribution < 1.29 is 4.79 Å². The number of nitrogens with one attached hydrogen (secondary N) is 1. The highest BCUT2D eigenvalue weighted by Gasteiger charge is 2.22. The number of rotatable bonds is 5. The summed E-state index contributed by atoms with van der Waals surface area (Å²) >= 11 is 6.25. The first kappa shape index (κ1) is 19.2. The van der Waals surface area contributed by atoms with Gasteiger partial charge in [-0.3, -0.25) is 9.48 Å². The number of carbonyl (C=O) groups excluding carboxylic acids is 1. The van der Waals surface area contributed by atoms with E-state index in [2.05, 4.69) is 5.32 Å². The van der Waals surface area contributed by atoms with Crippen molar-refractivity contribution in [2.24, 2.45) is 0 Å². The van der Waals surface area contributed by atoms with E-state index in [1.54, 1.807) is 4.68 Å². The quantitative estimate of drug-likeness (QED) is 0.458. The summed E-state index contributed by atoms with van der Waals surface area (Å²) in [5.74, 6) is -0.0830. The van der Waals surface area contributed by atoms with E-state index in [1.165, 1.54) is 0 Å². The van der Waals surface area contributed by atoms with Crippen LogP contribution in [0, 0.1) is 0 Å². The number of aromatic nitrogens is 2. The summed E-state index contributed by atoms with van der Waals surface area (Å²) in [6, 6.07) is 25.0. The van der Waals surface area contributed by atoms with Crippen LogP contribution in [-0.2, 0) is 4.79 Å². The van der Waals surface area contributed by atoms with Crippen LogP contribution < -0.4 is 5.32 Å². The minimum Gasteiger partial charge on any atom is -0.348 e. The Morgan fingerprint density at radius 3 is 2.31 bits per heavy atom. The van der Waals surface area contributed by atoms with Crippen molar-refractivity contribution in [2.45, 2.75) is 25.9 Å². The van der Waals surface area contributed by atoms with Crippen molar-refractivity contribution in [3.8, 4) is 11.3 Å². The number of fused-ring (bicyclic) bond motifs is 1. The van der Waals surface area contributed by atoms with Crippen LogP contribution in [0.4, 0.5) is 0 Å². The molecule has 0 saturated heterocycles. The second-order valence-corrected chi connectivity index (χ2v) is 7.57. The molecular weight excluding hydrogens is 382 g/mol. The molecule has 5 heteroatoms. The molecular formula is C24H22ClN3O. The van der Waals surface area contributed by atoms with Crippen LogP contribution in [0.5, 0.6) is 0 Å². The molecule has 1 N–H and O–H groups in total. The fourth-order valence-electron chi connectivity index (χ4n) is 3.49. The standard InChI is InChI=1S/C24H22ClN3O/c1-16(18-9-5-3-6-10-18)26-24(29)17(2)28-22-14-13-20(25)15-21(22)23(27-28)19-11-7-4-8-12-19/h3-17H,1-2H3,(H,26,29). The fourth-order valence-corrected chi connectivity index (χ4v) is 3.66. The minimum absolute atomic E-state index is 0.0830. The maximum atomic E-state index is 13.0. The molecule has 0 spiro atoms. The number of benzene rings is 3. The molecule has 0 saturated carbocycles. The molecule has 0 aliphatic heterocycles. The third-order valence-corrected chi connectivity index (χ3v) is 5.36. The highest BCUT2D eigenvalue weighted by Crippen LogP contribution is 2.31. The lowest BCUT2D eigenvalue weighted by atomic mass is 10.1. The second kappa shape index (κ2) is 8.10. The summed E-state index contributed by atoms with van der Waals surface area (Å²) in [4.78, 5) is 13.0. The van der Waals surface area contributed by atoms with Gasteiger partial charge in [-0.15, -0.1) is 0 Å². The van der Waals surface area contributed by atoms with Crippen LogP contribution in [-0.4, -0.2) is 15.7 Å². The number of carbonyl (C=O) groups is 1. The Morgan fingerprint density at radius 1 is 0.966 bits per heavy atom. The largest absolute Gasteiger partial charge is 0.348 e. The first-order chi connectivity index (χ1) is 14.0. The van der Waals surface area contributed by atoms with Crippen molar-refractivity contribution in [1.82, 2.24) is 15.1 Å². The number of nitrogens with zero attached hydrogens (tertiary/aromatic N) is 2. The predicted octanol–water partition coefficient (Wildman–Crippen LogP) is 5.80. The molecule has 0 bridgehead atoms. The monoisotopic (exact) mass is 403 g/mol. The predicted molar refractivity (Wildman–Crippen MR) is 118 cm³/mol. The smallest absolute Gasteiger partial charge is 0.245 e. The van der Waals surface area contributed by atoms with Crippen LogP contribution in [0.15, 0.2) is 78.9 Å². The molecule has 0 radical (unpaired) electrons. The van der Waals surface area contributed by atoms with Gasteiger partial charge in [-0.25, -0.2) is 0 Å². The first-order valence-electron chi connectivity index (χ1n) is 9.63. The van der Waals surface area contributed by atoms with Crippen molar-refractivity contribution >= 4 is 28.4 Å². The molecule has 0 aliphatic carbocycles. The Hall–Kier alpha value is -3.11. The van der Waals surface area contributed by atoms with Gasteiger partial charge in [0.15, 0.2) is 0 Å². The van der Waals surface area contributed by atoms with Crippen LogP contribution >= 0.6 is 11.6 Å². The lowest BCUT2D eigenvalue weighted by Crippen LogP contribution is -2.33. The number of hydrogen-bond acceptors (Lipinski definition) is 2. The van der Waals surface area contributed by atoms with Gasteiger partial charge in [-0.1, -0.05) is 72.3 Å². The van der Waals surface area contributed by atoms with Gasteiger partial charge >= 0.3 is 0 Å². The molecule has 2 unspecified atom stereocenters. The van der Waals surface area contributed by atoms with E-state index in [1.807, 2.05) is 92.7 Å². The highest BCUT2D eigenvalue weighted by molar-refractivity contribution is 6.31. The average Bonchev–Trinajstić information content (AvgIpc) is 3.13. The zero-order chi connectivity index (χ0) is 20.4. The molecule has 4 nitrogen and oxygen atoms in total. The van der Waals surface area contributed by atoms with Gasteiger partial charge in [0.25, 0.3) is 0 Å². The topological polar surface area (TPSA) is 46.9 Å². The van der Waals surface area contributed by atoms with Gasteiger partial charge in [-0.2, -0.15) is 5.10 Å². The molecule has 3 aromatic carbocycles. The summed E-state index contributed by atoms with van der Waals surface area (Å²) in [5.41, 5.74) is 3.75. The summed E-state index contributed by atoms with van der Waals surface area (Å²) in [6.45, 7) is 3.85. The van der Waals surface area contributed by atoms with E-state index in [-0.39, 0.29) is 11.9 Å². The van der Waals surface area contributed by atoms with Gasteiger partial charge in [0.1, 0.15) is 11.7 Å². The summed E-state index contributed by atoms with van der Waals surface area (Å²) in [5, 5.41) is 9.47. The maximum Gasteiger partial charge on any atom is 0.245 e. The summed E-state index contributed by atoms with van der Waals surface area (Å²) in [7, 11) is 0. The molecule has 2 atom stereocenters. The molecule has 4 rings (SSSR count). The van der Waals surface area contributed by atoms with E-state index in [0.717, 1.165) is 27.7 Å². The lowest BCUT2D eigenvalue weighted by Gasteiger charge is -2.19. The van der Waals surface area contributed by atoms with Crippen molar-refractivity contribution in [3.05, 3.63) is 89.4 Å². The van der Waals surface area contributed by atoms with Crippen molar-refractivity contribution in [1.29, 1.82) is 0 Å². The maximum absolute atomic E-state index is 13.0. The molecule has 4 aromatic rings. The number of hydrogen-bond donors (Lipinski definition) is 1. The van der Waals surface area contributed by atoms with E-state index in [4.69, 9.17) is 16.7 Å². The molecule has 1 aromatic heterocycles. The van der Waals surface area contributed by atoms with E-state index in [0.29, 0.717) is 5.02 Å². The van der Waals surface area contributed by atoms with Crippen LogP contribution in [0.25, 0.3) is 22.2 Å². The van der Waals surface area contributed by atoms with Crippen LogP contribution in [0.3, 0.4) is 0 Å². The SMILES string of the molecule is CC(NC(=O)C(C)n1nc(-c2ccccc2)c2cc(Cl)ccc21)c1ccccc1. The normalized spacial score (nSPS) is 13.2. The molecule has 1 amide bonds. The number of amides is 1. The van der Waals surface area contributed by atoms with Crippen molar-refractivity contribution in [3.63, 3.8) is 0 Å². The zero-order valence-electron chi connectivity index (χ0n) is 16.3. The minimum atomic E-state index is -0.470. The summed E-state index contributed by atoms with van der Waals surface area (Å²) < 4.78 is 1.78. The lowest BCUT2D eigenvalue weighted by molar-refractivity contribution is -0.124. The van der Waals surface area contributed by atoms with Gasteiger partial charge in [-0.05, 0) is 37.6 Å². The third kappa shape index (κ3) is 3.89. The van der Waals surface area contributed by atoms with Gasteiger partial charge in [0, 0.05) is 16.0 Å².